The lowest BCUT2D eigenvalue weighted by molar-refractivity contribution is -0.137. The highest BCUT2D eigenvalue weighted by molar-refractivity contribution is 6.06. The summed E-state index contributed by atoms with van der Waals surface area (Å²) >= 11 is 0. The second-order valence-electron chi connectivity index (χ2n) is 18.0. The molecule has 10 rings (SSSR count). The van der Waals surface area contributed by atoms with E-state index in [4.69, 9.17) is 9.84 Å². The van der Waals surface area contributed by atoms with E-state index in [1.54, 1.807) is 24.4 Å². The van der Waals surface area contributed by atoms with Gasteiger partial charge in [0, 0.05) is 116 Å². The fourth-order valence-corrected chi connectivity index (χ4v) is 10.6. The number of aryl methyl sites for hydroxylation is 2. The molecule has 5 aromatic rings. The van der Waals surface area contributed by atoms with Crippen LogP contribution in [0.2, 0.25) is 0 Å². The number of methoxy groups -OCH3 is 1. The van der Waals surface area contributed by atoms with Crippen LogP contribution in [0.1, 0.15) is 71.4 Å². The van der Waals surface area contributed by atoms with Crippen molar-refractivity contribution < 1.29 is 28.3 Å². The van der Waals surface area contributed by atoms with Crippen LogP contribution in [0, 0.1) is 25.6 Å². The van der Waals surface area contributed by atoms with Crippen molar-refractivity contribution in [2.24, 2.45) is 5.92 Å². The molecule has 1 atom stereocenters. The molecule has 2 N–H and O–H groups in total. The maximum absolute atomic E-state index is 15.2. The molecule has 332 valence electrons. The minimum Gasteiger partial charge on any atom is -0.494 e. The number of pyridine rings is 2. The van der Waals surface area contributed by atoms with Gasteiger partial charge in [0.25, 0.3) is 5.91 Å². The Morgan fingerprint density at radius 1 is 0.797 bits per heavy atom. The standard InChI is InChI=1S/C48H53FN10O5/c1-28-18-29(2)50-24-37(28)36-19-31-21-42(51-23-32(31)20-39(36)49)52-43-22-34-12-17-57(45(61)27-59(34)54-43)33-10-13-55(14-11-33)25-30-8-15-56(16-9-30)40-5-4-35-38(46(40)64-3)26-58(48(35)63)41-6-7-44(60)53-47(41)62/h4-5,18-24,30,33,41H,6-17,25-27H2,1-3H3,(H,51,52,54)(H,53,60,62). The average Bonchev–Trinajstić information content (AvgIpc) is 3.77. The summed E-state index contributed by atoms with van der Waals surface area (Å²) in [6.45, 7) is 9.70. The molecule has 16 heteroatoms. The number of imide groups is 1. The lowest BCUT2D eigenvalue weighted by Crippen LogP contribution is -2.52. The highest BCUT2D eigenvalue weighted by Crippen LogP contribution is 2.41. The van der Waals surface area contributed by atoms with Gasteiger partial charge in [0.05, 0.1) is 19.3 Å². The van der Waals surface area contributed by atoms with Gasteiger partial charge in [-0.3, -0.25) is 34.2 Å². The number of fused-ring (bicyclic) bond motifs is 3. The van der Waals surface area contributed by atoms with Gasteiger partial charge in [-0.1, -0.05) is 0 Å². The molecule has 3 aromatic heterocycles. The molecule has 0 spiro atoms. The van der Waals surface area contributed by atoms with Crippen LogP contribution < -0.4 is 20.3 Å². The predicted octanol–water partition coefficient (Wildman–Crippen LogP) is 5.53. The number of nitrogens with zero attached hydrogens (tertiary/aromatic N) is 8. The van der Waals surface area contributed by atoms with Gasteiger partial charge in [-0.05, 0) is 99.2 Å². The first-order chi connectivity index (χ1) is 31.0. The van der Waals surface area contributed by atoms with Crippen molar-refractivity contribution in [3.05, 3.63) is 88.8 Å². The van der Waals surface area contributed by atoms with Crippen LogP contribution in [-0.4, -0.2) is 117 Å². The molecule has 4 amide bonds. The monoisotopic (exact) mass is 868 g/mol. The number of carbonyl (C=O) groups excluding carboxylic acids is 4. The summed E-state index contributed by atoms with van der Waals surface area (Å²) < 4.78 is 22.9. The Hall–Kier alpha value is -6.42. The summed E-state index contributed by atoms with van der Waals surface area (Å²) in [4.78, 5) is 68.9. The number of rotatable bonds is 9. The van der Waals surface area contributed by atoms with Crippen molar-refractivity contribution in [3.8, 4) is 16.9 Å². The van der Waals surface area contributed by atoms with E-state index >= 15 is 4.39 Å². The molecule has 2 aromatic carbocycles. The highest BCUT2D eigenvalue weighted by atomic mass is 19.1. The van der Waals surface area contributed by atoms with Crippen molar-refractivity contribution >= 4 is 51.7 Å². The molecule has 0 bridgehead atoms. The second-order valence-corrected chi connectivity index (χ2v) is 18.0. The van der Waals surface area contributed by atoms with Crippen molar-refractivity contribution in [2.75, 3.05) is 56.6 Å². The van der Waals surface area contributed by atoms with E-state index in [0.29, 0.717) is 59.2 Å². The molecule has 0 radical (unpaired) electrons. The van der Waals surface area contributed by atoms with Crippen LogP contribution in [0.3, 0.4) is 0 Å². The van der Waals surface area contributed by atoms with Gasteiger partial charge in [-0.25, -0.2) is 9.37 Å². The molecular formula is C48H53FN10O5. The molecule has 64 heavy (non-hydrogen) atoms. The van der Waals surface area contributed by atoms with E-state index in [0.717, 1.165) is 97.6 Å². The quantitative estimate of drug-likeness (QED) is 0.180. The van der Waals surface area contributed by atoms with Crippen LogP contribution in [0.25, 0.3) is 21.9 Å². The predicted molar refractivity (Wildman–Crippen MR) is 239 cm³/mol. The Kier molecular flexibility index (Phi) is 11.0. The van der Waals surface area contributed by atoms with Crippen molar-refractivity contribution in [1.29, 1.82) is 0 Å². The lowest BCUT2D eigenvalue weighted by atomic mass is 9.93. The minimum absolute atomic E-state index is 0.0912. The smallest absolute Gasteiger partial charge is 0.255 e. The average molecular weight is 869 g/mol. The molecular weight excluding hydrogens is 816 g/mol. The van der Waals surface area contributed by atoms with Crippen LogP contribution in [0.4, 0.5) is 21.7 Å². The van der Waals surface area contributed by atoms with Gasteiger partial charge in [0.2, 0.25) is 17.7 Å². The first-order valence-corrected chi connectivity index (χ1v) is 22.5. The van der Waals surface area contributed by atoms with E-state index < -0.39 is 11.9 Å². The lowest BCUT2D eigenvalue weighted by Gasteiger charge is -2.41. The fourth-order valence-electron chi connectivity index (χ4n) is 10.6. The normalized spacial score (nSPS) is 20.1. The van der Waals surface area contributed by atoms with Crippen LogP contribution >= 0.6 is 0 Å². The number of nitrogens with one attached hydrogen (secondary N) is 2. The van der Waals surface area contributed by atoms with E-state index in [2.05, 4.69) is 35.3 Å². The van der Waals surface area contributed by atoms with Gasteiger partial charge in [-0.2, -0.15) is 5.10 Å². The largest absolute Gasteiger partial charge is 0.494 e. The van der Waals surface area contributed by atoms with Gasteiger partial charge in [0.15, 0.2) is 5.82 Å². The molecule has 5 aliphatic rings. The van der Waals surface area contributed by atoms with E-state index in [1.165, 1.54) is 6.07 Å². The molecule has 8 heterocycles. The zero-order valence-corrected chi connectivity index (χ0v) is 36.5. The number of piperidine rings is 3. The number of carbonyl (C=O) groups is 4. The third-order valence-corrected chi connectivity index (χ3v) is 14.0. The summed E-state index contributed by atoms with van der Waals surface area (Å²) in [6.07, 6.45) is 8.59. The van der Waals surface area contributed by atoms with Gasteiger partial charge in [0.1, 0.15) is 30.0 Å². The fraction of sp³-hybridized carbons (Fsp3) is 0.438. The highest BCUT2D eigenvalue weighted by Gasteiger charge is 2.41. The number of benzene rings is 2. The van der Waals surface area contributed by atoms with E-state index in [9.17, 15) is 19.2 Å². The van der Waals surface area contributed by atoms with Gasteiger partial charge in [-0.15, -0.1) is 0 Å². The minimum atomic E-state index is -0.667. The third kappa shape index (κ3) is 7.92. The van der Waals surface area contributed by atoms with E-state index in [-0.39, 0.29) is 49.1 Å². The molecule has 3 saturated heterocycles. The molecule has 15 nitrogen and oxygen atoms in total. The second kappa shape index (κ2) is 16.9. The third-order valence-electron chi connectivity index (χ3n) is 14.0. The van der Waals surface area contributed by atoms with Gasteiger partial charge < -0.3 is 29.7 Å². The topological polar surface area (TPSA) is 158 Å². The number of likely N-dealkylation sites (tertiary alicyclic amines) is 1. The van der Waals surface area contributed by atoms with Crippen molar-refractivity contribution in [1.82, 2.24) is 39.8 Å². The Bertz CT molecular complexity index is 2690. The Balaban J connectivity index is 0.709. The number of aromatic nitrogens is 4. The number of hydrogen-bond donors (Lipinski definition) is 2. The zero-order valence-electron chi connectivity index (χ0n) is 36.5. The van der Waals surface area contributed by atoms with Gasteiger partial charge >= 0.3 is 0 Å². The maximum Gasteiger partial charge on any atom is 0.255 e. The number of hydrogen-bond acceptors (Lipinski definition) is 11. The summed E-state index contributed by atoms with van der Waals surface area (Å²) in [7, 11) is 1.63. The number of anilines is 3. The summed E-state index contributed by atoms with van der Waals surface area (Å²) in [6, 6.07) is 12.5. The van der Waals surface area contributed by atoms with E-state index in [1.807, 2.05) is 54.9 Å². The molecule has 5 aliphatic heterocycles. The molecule has 1 unspecified atom stereocenters. The SMILES string of the molecule is COc1c(N2CCC(CN3CCC(N4CCc5cc(Nc6cc7cc(-c8cnc(C)cc8C)c(F)cc7cn6)nn5CC4=O)CC3)CC2)ccc2c1CN(C1CCC(=O)NC1=O)C2=O. The maximum atomic E-state index is 15.2. The van der Waals surface area contributed by atoms with Crippen molar-refractivity contribution in [2.45, 2.75) is 84.0 Å². The Morgan fingerprint density at radius 3 is 2.38 bits per heavy atom. The molecule has 3 fully saturated rings. The molecule has 0 aliphatic carbocycles. The summed E-state index contributed by atoms with van der Waals surface area (Å²) in [5, 5.41) is 12.0. The summed E-state index contributed by atoms with van der Waals surface area (Å²) in [5.74, 6) is 1.29. The first-order valence-electron chi connectivity index (χ1n) is 22.5. The zero-order chi connectivity index (χ0) is 44.2. The summed E-state index contributed by atoms with van der Waals surface area (Å²) in [5.41, 5.74) is 6.41. The number of halogens is 1. The van der Waals surface area contributed by atoms with Crippen LogP contribution in [0.5, 0.6) is 5.75 Å². The Morgan fingerprint density at radius 2 is 1.61 bits per heavy atom. The van der Waals surface area contributed by atoms with Crippen molar-refractivity contribution in [3.63, 3.8) is 0 Å². The Labute approximate surface area is 370 Å². The van der Waals surface area contributed by atoms with Crippen LogP contribution in [0.15, 0.2) is 54.9 Å². The number of ether oxygens (including phenoxy) is 1. The number of amides is 4. The van der Waals surface area contributed by atoms with Crippen LogP contribution in [-0.2, 0) is 33.9 Å². The molecule has 0 saturated carbocycles. The first kappa shape index (κ1) is 41.6.